The van der Waals surface area contributed by atoms with Gasteiger partial charge in [-0.3, -0.25) is 18.9 Å². The molecule has 126 valence electrons. The molecular formula is C17H25N3O3. The lowest BCUT2D eigenvalue weighted by molar-refractivity contribution is 0.137. The fourth-order valence-electron chi connectivity index (χ4n) is 4.52. The average Bonchev–Trinajstić information content (AvgIpc) is 2.84. The van der Waals surface area contributed by atoms with Crippen LogP contribution in [0.2, 0.25) is 0 Å². The van der Waals surface area contributed by atoms with E-state index in [1.165, 1.54) is 26.7 Å². The minimum absolute atomic E-state index is 0.0822. The SMILES string of the molecule is Cn1c(O)c(C=N[C@H]2C[C@H]3CC[C@@]2(C)C3(C)C)c(=O)n(C)c1=O. The highest BCUT2D eigenvalue weighted by Crippen LogP contribution is 2.66. The number of hydrogen-bond acceptors (Lipinski definition) is 4. The van der Waals surface area contributed by atoms with E-state index < -0.39 is 11.2 Å². The first-order chi connectivity index (χ1) is 10.6. The fraction of sp³-hybridized carbons (Fsp3) is 0.706. The minimum atomic E-state index is -0.544. The first kappa shape index (κ1) is 16.0. The number of aromatic hydroxyl groups is 1. The van der Waals surface area contributed by atoms with E-state index in [0.717, 1.165) is 22.0 Å². The van der Waals surface area contributed by atoms with Crippen molar-refractivity contribution in [3.8, 4) is 5.88 Å². The van der Waals surface area contributed by atoms with Crippen LogP contribution in [-0.2, 0) is 14.1 Å². The summed E-state index contributed by atoms with van der Waals surface area (Å²) in [5.41, 5.74) is -0.611. The predicted molar refractivity (Wildman–Crippen MR) is 89.2 cm³/mol. The number of fused-ring (bicyclic) bond motifs is 2. The normalized spacial score (nSPS) is 32.0. The summed E-state index contributed by atoms with van der Waals surface area (Å²) in [6, 6.07) is 0.151. The van der Waals surface area contributed by atoms with Gasteiger partial charge in [0.25, 0.3) is 5.56 Å². The molecule has 0 aromatic carbocycles. The van der Waals surface area contributed by atoms with Crippen molar-refractivity contribution >= 4 is 6.21 Å². The van der Waals surface area contributed by atoms with Crippen molar-refractivity contribution in [2.75, 3.05) is 0 Å². The monoisotopic (exact) mass is 319 g/mol. The van der Waals surface area contributed by atoms with Gasteiger partial charge in [0.05, 0.1) is 6.04 Å². The van der Waals surface area contributed by atoms with Crippen LogP contribution in [0.3, 0.4) is 0 Å². The third kappa shape index (κ3) is 1.96. The van der Waals surface area contributed by atoms with Crippen LogP contribution in [0.4, 0.5) is 0 Å². The molecular weight excluding hydrogens is 294 g/mol. The van der Waals surface area contributed by atoms with Crippen molar-refractivity contribution in [1.82, 2.24) is 9.13 Å². The van der Waals surface area contributed by atoms with Crippen molar-refractivity contribution in [2.45, 2.75) is 46.1 Å². The average molecular weight is 319 g/mol. The van der Waals surface area contributed by atoms with E-state index in [9.17, 15) is 14.7 Å². The standard InChI is InChI=1S/C17H25N3O3/c1-16(2)10-6-7-17(16,3)12(8-10)18-9-11-13(21)19(4)15(23)20(5)14(11)22/h9-10,12,21H,6-8H2,1-5H3/t10-,12+,17-/m1/s1. The Balaban J connectivity index is 2.01. The number of aromatic nitrogens is 2. The molecule has 2 bridgehead atoms. The van der Waals surface area contributed by atoms with Crippen molar-refractivity contribution < 1.29 is 5.11 Å². The van der Waals surface area contributed by atoms with Crippen LogP contribution in [0.5, 0.6) is 5.88 Å². The summed E-state index contributed by atoms with van der Waals surface area (Å²) in [6.45, 7) is 6.90. The molecule has 2 fully saturated rings. The fourth-order valence-corrected chi connectivity index (χ4v) is 4.52. The Hall–Kier alpha value is -1.85. The molecule has 0 radical (unpaired) electrons. The topological polar surface area (TPSA) is 76.6 Å². The second-order valence-corrected chi connectivity index (χ2v) is 7.85. The zero-order chi connectivity index (χ0) is 17.2. The van der Waals surface area contributed by atoms with E-state index in [1.807, 2.05) is 0 Å². The first-order valence-electron chi connectivity index (χ1n) is 8.13. The molecule has 1 N–H and O–H groups in total. The summed E-state index contributed by atoms with van der Waals surface area (Å²) in [7, 11) is 2.85. The smallest absolute Gasteiger partial charge is 0.333 e. The third-order valence-corrected chi connectivity index (χ3v) is 6.80. The highest BCUT2D eigenvalue weighted by Gasteiger charge is 2.61. The molecule has 2 aliphatic rings. The molecule has 2 aliphatic carbocycles. The molecule has 0 spiro atoms. The van der Waals surface area contributed by atoms with E-state index in [0.29, 0.717) is 5.92 Å². The van der Waals surface area contributed by atoms with Gasteiger partial charge in [0.1, 0.15) is 5.56 Å². The van der Waals surface area contributed by atoms with Gasteiger partial charge in [0, 0.05) is 20.3 Å². The maximum atomic E-state index is 12.2. The van der Waals surface area contributed by atoms with Gasteiger partial charge in [-0.2, -0.15) is 0 Å². The Morgan fingerprint density at radius 2 is 1.87 bits per heavy atom. The molecule has 0 unspecified atom stereocenters. The highest BCUT2D eigenvalue weighted by atomic mass is 16.3. The Morgan fingerprint density at radius 1 is 1.22 bits per heavy atom. The Morgan fingerprint density at radius 3 is 2.39 bits per heavy atom. The third-order valence-electron chi connectivity index (χ3n) is 6.80. The van der Waals surface area contributed by atoms with Gasteiger partial charge < -0.3 is 5.11 Å². The van der Waals surface area contributed by atoms with E-state index in [2.05, 4.69) is 25.8 Å². The number of nitrogens with zero attached hydrogens (tertiary/aromatic N) is 3. The van der Waals surface area contributed by atoms with Gasteiger partial charge in [0.2, 0.25) is 5.88 Å². The molecule has 6 heteroatoms. The van der Waals surface area contributed by atoms with Crippen molar-refractivity contribution in [2.24, 2.45) is 35.8 Å². The van der Waals surface area contributed by atoms with Crippen LogP contribution < -0.4 is 11.2 Å². The van der Waals surface area contributed by atoms with Crippen molar-refractivity contribution in [1.29, 1.82) is 0 Å². The summed E-state index contributed by atoms with van der Waals surface area (Å²) in [5.74, 6) is 0.334. The zero-order valence-corrected chi connectivity index (χ0v) is 14.5. The quantitative estimate of drug-likeness (QED) is 0.838. The molecule has 2 saturated carbocycles. The number of aliphatic imine (C=N–C) groups is 1. The van der Waals surface area contributed by atoms with Gasteiger partial charge in [-0.15, -0.1) is 0 Å². The molecule has 0 aliphatic heterocycles. The van der Waals surface area contributed by atoms with Gasteiger partial charge in [-0.1, -0.05) is 20.8 Å². The second-order valence-electron chi connectivity index (χ2n) is 7.85. The van der Waals surface area contributed by atoms with Crippen LogP contribution in [0.1, 0.15) is 45.6 Å². The summed E-state index contributed by atoms with van der Waals surface area (Å²) in [4.78, 5) is 28.7. The summed E-state index contributed by atoms with van der Waals surface area (Å²) < 4.78 is 2.06. The molecule has 3 rings (SSSR count). The molecule has 23 heavy (non-hydrogen) atoms. The highest BCUT2D eigenvalue weighted by molar-refractivity contribution is 5.82. The van der Waals surface area contributed by atoms with Gasteiger partial charge in [-0.25, -0.2) is 4.79 Å². The lowest BCUT2D eigenvalue weighted by Crippen LogP contribution is -2.39. The lowest BCUT2D eigenvalue weighted by atomic mass is 9.69. The predicted octanol–water partition coefficient (Wildman–Crippen LogP) is 1.42. The summed E-state index contributed by atoms with van der Waals surface area (Å²) in [6.07, 6.45) is 4.86. The van der Waals surface area contributed by atoms with Crippen molar-refractivity contribution in [3.63, 3.8) is 0 Å². The molecule has 1 aromatic rings. The van der Waals surface area contributed by atoms with Crippen LogP contribution in [-0.4, -0.2) is 26.5 Å². The Kier molecular flexibility index (Phi) is 3.36. The van der Waals surface area contributed by atoms with E-state index in [-0.39, 0.29) is 28.3 Å². The largest absolute Gasteiger partial charge is 0.494 e. The van der Waals surface area contributed by atoms with E-state index in [4.69, 9.17) is 0 Å². The van der Waals surface area contributed by atoms with E-state index >= 15 is 0 Å². The second kappa shape index (κ2) is 4.82. The molecule has 0 amide bonds. The lowest BCUT2D eigenvalue weighted by Gasteiger charge is -2.37. The van der Waals surface area contributed by atoms with Crippen LogP contribution in [0.25, 0.3) is 0 Å². The maximum absolute atomic E-state index is 12.2. The Bertz CT molecular complexity index is 803. The maximum Gasteiger partial charge on any atom is 0.333 e. The number of hydrogen-bond donors (Lipinski definition) is 1. The number of rotatable bonds is 2. The molecule has 0 saturated heterocycles. The van der Waals surface area contributed by atoms with E-state index in [1.54, 1.807) is 0 Å². The van der Waals surface area contributed by atoms with Crippen LogP contribution >= 0.6 is 0 Å². The Labute approximate surface area is 135 Å². The molecule has 3 atom stereocenters. The molecule has 6 nitrogen and oxygen atoms in total. The minimum Gasteiger partial charge on any atom is -0.494 e. The van der Waals surface area contributed by atoms with Crippen LogP contribution in [0.15, 0.2) is 14.6 Å². The van der Waals surface area contributed by atoms with Gasteiger partial charge in [0.15, 0.2) is 0 Å². The van der Waals surface area contributed by atoms with Crippen molar-refractivity contribution in [3.05, 3.63) is 26.4 Å². The van der Waals surface area contributed by atoms with Gasteiger partial charge in [-0.05, 0) is 36.0 Å². The van der Waals surface area contributed by atoms with Gasteiger partial charge >= 0.3 is 5.69 Å². The molecule has 1 heterocycles. The summed E-state index contributed by atoms with van der Waals surface area (Å²) >= 11 is 0. The van der Waals surface area contributed by atoms with Crippen LogP contribution in [0, 0.1) is 16.7 Å². The summed E-state index contributed by atoms with van der Waals surface area (Å²) in [5, 5.41) is 10.1. The zero-order valence-electron chi connectivity index (χ0n) is 14.5. The first-order valence-corrected chi connectivity index (χ1v) is 8.13. The molecule has 1 aromatic heterocycles.